The van der Waals surface area contributed by atoms with Crippen LogP contribution in [0.1, 0.15) is 12.6 Å². The van der Waals surface area contributed by atoms with Crippen LogP contribution in [-0.2, 0) is 6.42 Å². The van der Waals surface area contributed by atoms with Crippen LogP contribution in [0.3, 0.4) is 0 Å². The van der Waals surface area contributed by atoms with Gasteiger partial charge in [0, 0.05) is 31.8 Å². The Morgan fingerprint density at radius 2 is 1.85 bits per heavy atom. The molecule has 0 aliphatic carbocycles. The maximum atomic E-state index is 5.90. The van der Waals surface area contributed by atoms with E-state index in [1.165, 1.54) is 0 Å². The summed E-state index contributed by atoms with van der Waals surface area (Å²) in [6.45, 7) is 0. The number of hydrogen-bond donors (Lipinski definition) is 3. The summed E-state index contributed by atoms with van der Waals surface area (Å²) in [4.78, 5) is 8.90. The molecule has 0 saturated carbocycles. The fraction of sp³-hybridized carbons (Fsp3) is 0.231. The van der Waals surface area contributed by atoms with Crippen LogP contribution in [0.15, 0.2) is 24.3 Å². The summed E-state index contributed by atoms with van der Waals surface area (Å²) >= 11 is 4.92. The van der Waals surface area contributed by atoms with Crippen LogP contribution in [0.2, 0.25) is 0 Å². The average molecular weight is 315 g/mol. The fourth-order valence-electron chi connectivity index (χ4n) is 1.84. The number of nitrogens with two attached hydrogens (primary N) is 2. The second-order valence-electron chi connectivity index (χ2n) is 4.56. The number of benzene rings is 1. The number of nitrogens with zero attached hydrogens (tertiary/aromatic N) is 2. The van der Waals surface area contributed by atoms with Gasteiger partial charge >= 0.3 is 51.4 Å². The first-order chi connectivity index (χ1) is 8.97. The average Bonchev–Trinajstić information content (AvgIpc) is 2.34. The number of aromatic nitrogens is 2. The third-order valence-corrected chi connectivity index (χ3v) is 3.12. The molecule has 2 aromatic rings. The summed E-state index contributed by atoms with van der Waals surface area (Å²) in [6.07, 6.45) is 0.629. The predicted octanol–water partition coefficient (Wildman–Crippen LogP) is -0.923. The molecule has 0 unspecified atom stereocenters. The van der Waals surface area contributed by atoms with Gasteiger partial charge in [-0.25, -0.2) is 4.98 Å². The number of nitrogen functional groups attached to an aromatic ring is 2. The second kappa shape index (κ2) is 7.53. The molecule has 1 heterocycles. The van der Waals surface area contributed by atoms with Crippen molar-refractivity contribution < 1.29 is 52.8 Å². The monoisotopic (exact) mass is 315 g/mol. The number of hydrogen-bond acceptors (Lipinski definition) is 5. The van der Waals surface area contributed by atoms with Gasteiger partial charge in [-0.3, -0.25) is 0 Å². The van der Waals surface area contributed by atoms with Crippen LogP contribution in [0.25, 0.3) is 0 Å². The van der Waals surface area contributed by atoms with Crippen molar-refractivity contribution in [2.75, 3.05) is 30.5 Å². The molecule has 0 aliphatic rings. The zero-order chi connectivity index (χ0) is 14.0. The Labute approximate surface area is 167 Å². The van der Waals surface area contributed by atoms with Gasteiger partial charge < -0.3 is 22.8 Å². The van der Waals surface area contributed by atoms with E-state index in [4.69, 9.17) is 23.7 Å². The number of H-pyrrole nitrogens is 1. The maximum absolute atomic E-state index is 5.90. The smallest absolute Gasteiger partial charge is 1.00 e. The van der Waals surface area contributed by atoms with E-state index in [2.05, 4.69) is 34.2 Å². The Morgan fingerprint density at radius 3 is 2.35 bits per heavy atom. The minimum atomic E-state index is 0. The van der Waals surface area contributed by atoms with Gasteiger partial charge in [0.15, 0.2) is 4.77 Å². The molecule has 0 fully saturated rings. The van der Waals surface area contributed by atoms with Gasteiger partial charge in [0.1, 0.15) is 11.6 Å². The summed E-state index contributed by atoms with van der Waals surface area (Å²) in [6, 6.07) is 8.21. The van der Waals surface area contributed by atoms with Gasteiger partial charge in [-0.2, -0.15) is 0 Å². The SMILES string of the molecule is CN(C)c1ccc(Cc2c(N)nc(=S)[nH]c2N)cc1.[H-].[K+]. The van der Waals surface area contributed by atoms with Crippen molar-refractivity contribution >= 4 is 29.5 Å². The predicted molar refractivity (Wildman–Crippen MR) is 82.9 cm³/mol. The van der Waals surface area contributed by atoms with Crippen molar-refractivity contribution in [3.8, 4) is 0 Å². The summed E-state index contributed by atoms with van der Waals surface area (Å²) in [5.74, 6) is 0.868. The van der Waals surface area contributed by atoms with E-state index in [1.54, 1.807) is 0 Å². The molecule has 1 aromatic heterocycles. The molecule has 102 valence electrons. The zero-order valence-corrected chi connectivity index (χ0v) is 15.9. The number of anilines is 3. The molecule has 0 spiro atoms. The Bertz CT molecular complexity index is 616. The van der Waals surface area contributed by atoms with Crippen molar-refractivity contribution in [1.29, 1.82) is 0 Å². The number of nitrogens with one attached hydrogen (secondary N) is 1. The standard InChI is InChI=1S/C13H17N5S.K.H/c1-18(2)9-5-3-8(4-6-9)7-10-11(14)16-13(19)17-12(10)15;;/h3-6H,7H2,1-2H3,(H5,14,15,16,17,19);;/q;+1;-1. The third-order valence-electron chi connectivity index (χ3n) is 2.93. The first-order valence-electron chi connectivity index (χ1n) is 5.88. The van der Waals surface area contributed by atoms with Gasteiger partial charge in [0.05, 0.1) is 0 Å². The van der Waals surface area contributed by atoms with Crippen LogP contribution >= 0.6 is 12.2 Å². The topological polar surface area (TPSA) is 84.0 Å². The van der Waals surface area contributed by atoms with Crippen molar-refractivity contribution in [1.82, 2.24) is 9.97 Å². The van der Waals surface area contributed by atoms with Gasteiger partial charge in [0.25, 0.3) is 0 Å². The second-order valence-corrected chi connectivity index (χ2v) is 4.94. The van der Waals surface area contributed by atoms with Crippen molar-refractivity contribution in [2.45, 2.75) is 6.42 Å². The van der Waals surface area contributed by atoms with Crippen LogP contribution in [0, 0.1) is 4.77 Å². The molecule has 0 bridgehead atoms. The quantitative estimate of drug-likeness (QED) is 0.504. The molecular weight excluding hydrogens is 297 g/mol. The van der Waals surface area contributed by atoms with Gasteiger partial charge in [-0.15, -0.1) is 0 Å². The first kappa shape index (κ1) is 17.6. The molecule has 0 radical (unpaired) electrons. The number of rotatable bonds is 3. The molecule has 1 aromatic carbocycles. The molecule has 20 heavy (non-hydrogen) atoms. The van der Waals surface area contributed by atoms with E-state index in [-0.39, 0.29) is 52.8 Å². The van der Waals surface area contributed by atoms with Gasteiger partial charge in [-0.05, 0) is 29.9 Å². The molecule has 2 rings (SSSR count). The van der Waals surface area contributed by atoms with Crippen LogP contribution in [-0.4, -0.2) is 24.1 Å². The van der Waals surface area contributed by atoms with Gasteiger partial charge in [0.2, 0.25) is 0 Å². The van der Waals surface area contributed by atoms with Crippen molar-refractivity contribution in [3.63, 3.8) is 0 Å². The van der Waals surface area contributed by atoms with Crippen molar-refractivity contribution in [3.05, 3.63) is 40.2 Å². The van der Waals surface area contributed by atoms with Crippen LogP contribution < -0.4 is 67.8 Å². The maximum Gasteiger partial charge on any atom is 1.00 e. The Balaban J connectivity index is 0.00000200. The minimum Gasteiger partial charge on any atom is -1.00 e. The molecule has 0 saturated heterocycles. The van der Waals surface area contributed by atoms with Gasteiger partial charge in [-0.1, -0.05) is 12.1 Å². The molecular formula is C13H18KN5S. The normalized spacial score (nSPS) is 9.90. The Morgan fingerprint density at radius 1 is 1.25 bits per heavy atom. The largest absolute Gasteiger partial charge is 1.00 e. The van der Waals surface area contributed by atoms with E-state index in [0.29, 0.717) is 22.8 Å². The Hall–Kier alpha value is -0.444. The van der Waals surface area contributed by atoms with E-state index in [9.17, 15) is 0 Å². The fourth-order valence-corrected chi connectivity index (χ4v) is 2.04. The van der Waals surface area contributed by atoms with E-state index in [0.717, 1.165) is 16.8 Å². The molecule has 5 N–H and O–H groups in total. The zero-order valence-electron chi connectivity index (χ0n) is 13.0. The molecule has 7 heteroatoms. The summed E-state index contributed by atoms with van der Waals surface area (Å²) in [7, 11) is 4.01. The number of aromatic amines is 1. The molecule has 0 amide bonds. The first-order valence-corrected chi connectivity index (χ1v) is 6.28. The van der Waals surface area contributed by atoms with E-state index in [1.807, 2.05) is 19.0 Å². The molecule has 0 aliphatic heterocycles. The summed E-state index contributed by atoms with van der Waals surface area (Å²) in [5, 5.41) is 0. The van der Waals surface area contributed by atoms with Crippen LogP contribution in [0.5, 0.6) is 0 Å². The molecule has 5 nitrogen and oxygen atoms in total. The Kier molecular flexibility index (Phi) is 6.63. The van der Waals surface area contributed by atoms with Crippen LogP contribution in [0.4, 0.5) is 17.3 Å². The molecule has 0 atom stereocenters. The summed E-state index contributed by atoms with van der Waals surface area (Å²) < 4.78 is 0.307. The summed E-state index contributed by atoms with van der Waals surface area (Å²) in [5.41, 5.74) is 14.8. The van der Waals surface area contributed by atoms with E-state index >= 15 is 0 Å². The van der Waals surface area contributed by atoms with E-state index < -0.39 is 0 Å². The minimum absolute atomic E-state index is 0. The van der Waals surface area contributed by atoms with Crippen molar-refractivity contribution in [2.24, 2.45) is 0 Å². The third kappa shape index (κ3) is 4.27.